The molecule has 0 aliphatic heterocycles. The third-order valence-electron chi connectivity index (χ3n) is 2.38. The number of rotatable bonds is 8. The van der Waals surface area contributed by atoms with Crippen molar-refractivity contribution >= 4 is 11.6 Å². The molecule has 0 saturated heterocycles. The molecule has 1 amide bonds. The van der Waals surface area contributed by atoms with E-state index < -0.39 is 0 Å². The summed E-state index contributed by atoms with van der Waals surface area (Å²) in [5.41, 5.74) is 6.50. The minimum absolute atomic E-state index is 0.223. The van der Waals surface area contributed by atoms with Crippen LogP contribution in [0.3, 0.4) is 0 Å². The zero-order valence-electron chi connectivity index (χ0n) is 10.7. The maximum Gasteiger partial charge on any atom is 0.271 e. The molecule has 1 aromatic heterocycles. The van der Waals surface area contributed by atoms with E-state index in [1.165, 1.54) is 6.20 Å². The number of hydrogen-bond acceptors (Lipinski definition) is 4. The van der Waals surface area contributed by atoms with Gasteiger partial charge in [0.15, 0.2) is 0 Å². The second-order valence-electron chi connectivity index (χ2n) is 3.71. The molecule has 1 rings (SSSR count). The van der Waals surface area contributed by atoms with E-state index in [0.29, 0.717) is 37.7 Å². The molecule has 0 aliphatic carbocycles. The molecule has 0 bridgehead atoms. The van der Waals surface area contributed by atoms with Crippen LogP contribution in [0.15, 0.2) is 18.9 Å². The summed E-state index contributed by atoms with van der Waals surface area (Å²) in [6, 6.07) is 0. The third kappa shape index (κ3) is 3.89. The van der Waals surface area contributed by atoms with Crippen molar-refractivity contribution in [1.29, 1.82) is 0 Å². The fourth-order valence-electron chi connectivity index (χ4n) is 1.48. The number of nitrogen functional groups attached to an aromatic ring is 1. The van der Waals surface area contributed by atoms with Crippen molar-refractivity contribution in [2.45, 2.75) is 19.9 Å². The van der Waals surface area contributed by atoms with Crippen LogP contribution in [0.25, 0.3) is 0 Å². The summed E-state index contributed by atoms with van der Waals surface area (Å²) in [7, 11) is 0. The fraction of sp³-hybridized carbons (Fsp3) is 0.500. The number of hydrogen-bond donors (Lipinski definition) is 2. The highest BCUT2D eigenvalue weighted by molar-refractivity contribution is 5.97. The first kappa shape index (κ1) is 14.2. The molecular weight excluding hydrogens is 232 g/mol. The molecule has 6 heteroatoms. The predicted octanol–water partition coefficient (Wildman–Crippen LogP) is 0.808. The normalized spacial score (nSPS) is 10.3. The van der Waals surface area contributed by atoms with Gasteiger partial charge < -0.3 is 15.8 Å². The van der Waals surface area contributed by atoms with Crippen LogP contribution in [0.2, 0.25) is 0 Å². The number of amides is 1. The largest absolute Gasteiger partial charge is 0.396 e. The minimum atomic E-state index is -0.223. The number of nitrogens with one attached hydrogen (secondary N) is 1. The Kier molecular flexibility index (Phi) is 5.93. The highest BCUT2D eigenvalue weighted by atomic mass is 16.5. The van der Waals surface area contributed by atoms with Crippen LogP contribution in [0.1, 0.15) is 23.8 Å². The van der Waals surface area contributed by atoms with Crippen molar-refractivity contribution < 1.29 is 9.53 Å². The summed E-state index contributed by atoms with van der Waals surface area (Å²) in [6.07, 6.45) is 4.08. The van der Waals surface area contributed by atoms with E-state index in [4.69, 9.17) is 10.5 Å². The molecule has 100 valence electrons. The number of carbonyl (C=O) groups is 1. The quantitative estimate of drug-likeness (QED) is 0.530. The van der Waals surface area contributed by atoms with Crippen LogP contribution < -0.4 is 11.1 Å². The van der Waals surface area contributed by atoms with E-state index in [0.717, 1.165) is 6.42 Å². The van der Waals surface area contributed by atoms with E-state index in [1.54, 1.807) is 10.8 Å². The van der Waals surface area contributed by atoms with Gasteiger partial charge in [-0.2, -0.15) is 5.10 Å². The lowest BCUT2D eigenvalue weighted by atomic mass is 10.3. The first-order chi connectivity index (χ1) is 8.70. The first-order valence-corrected chi connectivity index (χ1v) is 5.98. The number of aromatic nitrogens is 2. The second-order valence-corrected chi connectivity index (χ2v) is 3.71. The van der Waals surface area contributed by atoms with Crippen LogP contribution >= 0.6 is 0 Å². The van der Waals surface area contributed by atoms with Gasteiger partial charge in [-0.1, -0.05) is 6.08 Å². The van der Waals surface area contributed by atoms with Gasteiger partial charge in [-0.3, -0.25) is 9.48 Å². The molecular formula is C12H20N4O2. The number of ether oxygens (including phenoxy) is 1. The Hall–Kier alpha value is -1.82. The van der Waals surface area contributed by atoms with Crippen LogP contribution in [0.5, 0.6) is 0 Å². The Bertz CT molecular complexity index is 401. The van der Waals surface area contributed by atoms with Crippen molar-refractivity contribution in [3.8, 4) is 0 Å². The van der Waals surface area contributed by atoms with E-state index in [-0.39, 0.29) is 5.91 Å². The Morgan fingerprint density at radius 3 is 3.11 bits per heavy atom. The average Bonchev–Trinajstić information content (AvgIpc) is 2.74. The molecule has 0 fully saturated rings. The van der Waals surface area contributed by atoms with Gasteiger partial charge in [-0.05, 0) is 13.3 Å². The standard InChI is InChI=1S/C12H20N4O2/c1-3-5-7-18-8-6-14-12(17)11-10(13)9-15-16(11)4-2/h3,9H,1,4-8,13H2,2H3,(H,14,17). The average molecular weight is 252 g/mol. The summed E-state index contributed by atoms with van der Waals surface area (Å²) in [4.78, 5) is 11.9. The van der Waals surface area contributed by atoms with Gasteiger partial charge in [0.1, 0.15) is 5.69 Å². The maximum atomic E-state index is 11.9. The van der Waals surface area contributed by atoms with Gasteiger partial charge in [0.2, 0.25) is 0 Å². The minimum Gasteiger partial charge on any atom is -0.396 e. The van der Waals surface area contributed by atoms with Crippen molar-refractivity contribution in [1.82, 2.24) is 15.1 Å². The molecule has 3 N–H and O–H groups in total. The number of carbonyl (C=O) groups excluding carboxylic acids is 1. The molecule has 1 aromatic rings. The molecule has 0 aromatic carbocycles. The van der Waals surface area contributed by atoms with Crippen molar-refractivity contribution in [3.05, 3.63) is 24.5 Å². The van der Waals surface area contributed by atoms with E-state index in [2.05, 4.69) is 17.0 Å². The van der Waals surface area contributed by atoms with E-state index in [9.17, 15) is 4.79 Å². The second kappa shape index (κ2) is 7.50. The molecule has 1 heterocycles. The Morgan fingerprint density at radius 1 is 1.67 bits per heavy atom. The topological polar surface area (TPSA) is 82.2 Å². The summed E-state index contributed by atoms with van der Waals surface area (Å²) in [6.45, 7) is 7.65. The zero-order valence-corrected chi connectivity index (χ0v) is 10.7. The predicted molar refractivity (Wildman–Crippen MR) is 70.3 cm³/mol. The van der Waals surface area contributed by atoms with Crippen molar-refractivity contribution in [2.75, 3.05) is 25.5 Å². The SMILES string of the molecule is C=CCCOCCNC(=O)c1c(N)cnn1CC. The zero-order chi connectivity index (χ0) is 13.4. The van der Waals surface area contributed by atoms with Gasteiger partial charge in [-0.15, -0.1) is 6.58 Å². The van der Waals surface area contributed by atoms with Crippen molar-refractivity contribution in [2.24, 2.45) is 0 Å². The summed E-state index contributed by atoms with van der Waals surface area (Å²) in [5.74, 6) is -0.223. The number of anilines is 1. The molecule has 0 radical (unpaired) electrons. The lowest BCUT2D eigenvalue weighted by molar-refractivity contribution is 0.0908. The van der Waals surface area contributed by atoms with Gasteiger partial charge in [0, 0.05) is 13.1 Å². The first-order valence-electron chi connectivity index (χ1n) is 5.98. The van der Waals surface area contributed by atoms with E-state index >= 15 is 0 Å². The third-order valence-corrected chi connectivity index (χ3v) is 2.38. The van der Waals surface area contributed by atoms with Gasteiger partial charge >= 0.3 is 0 Å². The maximum absolute atomic E-state index is 11.9. The Morgan fingerprint density at radius 2 is 2.44 bits per heavy atom. The van der Waals surface area contributed by atoms with Gasteiger partial charge in [-0.25, -0.2) is 0 Å². The molecule has 6 nitrogen and oxygen atoms in total. The fourth-order valence-corrected chi connectivity index (χ4v) is 1.48. The monoisotopic (exact) mass is 252 g/mol. The molecule has 0 atom stereocenters. The molecule has 0 spiro atoms. The van der Waals surface area contributed by atoms with E-state index in [1.807, 2.05) is 6.92 Å². The van der Waals surface area contributed by atoms with Crippen LogP contribution in [-0.4, -0.2) is 35.4 Å². The van der Waals surface area contributed by atoms with Crippen LogP contribution in [0.4, 0.5) is 5.69 Å². The number of aryl methyl sites for hydroxylation is 1. The smallest absolute Gasteiger partial charge is 0.271 e. The number of nitrogens with two attached hydrogens (primary N) is 1. The lowest BCUT2D eigenvalue weighted by Gasteiger charge is -2.08. The summed E-state index contributed by atoms with van der Waals surface area (Å²) in [5, 5.41) is 6.76. The molecule has 0 aliphatic rings. The van der Waals surface area contributed by atoms with Crippen molar-refractivity contribution in [3.63, 3.8) is 0 Å². The highest BCUT2D eigenvalue weighted by Gasteiger charge is 2.15. The highest BCUT2D eigenvalue weighted by Crippen LogP contribution is 2.09. The van der Waals surface area contributed by atoms with Gasteiger partial charge in [0.05, 0.1) is 25.1 Å². The molecule has 0 unspecified atom stereocenters. The molecule has 0 saturated carbocycles. The van der Waals surface area contributed by atoms with Crippen LogP contribution in [-0.2, 0) is 11.3 Å². The summed E-state index contributed by atoms with van der Waals surface area (Å²) >= 11 is 0. The lowest BCUT2D eigenvalue weighted by Crippen LogP contribution is -2.30. The molecule has 18 heavy (non-hydrogen) atoms. The van der Waals surface area contributed by atoms with Gasteiger partial charge in [0.25, 0.3) is 5.91 Å². The number of nitrogens with zero attached hydrogens (tertiary/aromatic N) is 2. The Labute approximate surface area is 107 Å². The summed E-state index contributed by atoms with van der Waals surface area (Å²) < 4.78 is 6.86. The van der Waals surface area contributed by atoms with Crippen LogP contribution in [0, 0.1) is 0 Å². The Balaban J connectivity index is 2.36.